The standard InChI is InChI=1S/C14H21N3O3/c1-4-14(15,5-2)9-16-13(18)11-8-6-7-10(3)12(11)17(19)20/h6-8H,4-5,9,15H2,1-3H3,(H,16,18). The van der Waals surface area contributed by atoms with Gasteiger partial charge in [0, 0.05) is 17.6 Å². The van der Waals surface area contributed by atoms with E-state index in [9.17, 15) is 14.9 Å². The van der Waals surface area contributed by atoms with Gasteiger partial charge in [0.2, 0.25) is 0 Å². The Morgan fingerprint density at radius 2 is 2.00 bits per heavy atom. The molecule has 0 unspecified atom stereocenters. The normalized spacial score (nSPS) is 11.2. The van der Waals surface area contributed by atoms with Gasteiger partial charge in [-0.1, -0.05) is 26.0 Å². The van der Waals surface area contributed by atoms with Gasteiger partial charge < -0.3 is 11.1 Å². The van der Waals surface area contributed by atoms with Crippen molar-refractivity contribution in [3.63, 3.8) is 0 Å². The van der Waals surface area contributed by atoms with Gasteiger partial charge in [-0.25, -0.2) is 0 Å². The monoisotopic (exact) mass is 279 g/mol. The minimum Gasteiger partial charge on any atom is -0.350 e. The third kappa shape index (κ3) is 3.54. The number of hydrogen-bond acceptors (Lipinski definition) is 4. The van der Waals surface area contributed by atoms with Gasteiger partial charge in [-0.15, -0.1) is 0 Å². The van der Waals surface area contributed by atoms with E-state index in [4.69, 9.17) is 5.73 Å². The second-order valence-electron chi connectivity index (χ2n) is 4.98. The van der Waals surface area contributed by atoms with Crippen LogP contribution in [0, 0.1) is 17.0 Å². The topological polar surface area (TPSA) is 98.3 Å². The molecule has 1 aromatic carbocycles. The predicted molar refractivity (Wildman–Crippen MR) is 77.7 cm³/mol. The van der Waals surface area contributed by atoms with Crippen molar-refractivity contribution in [3.05, 3.63) is 39.4 Å². The van der Waals surface area contributed by atoms with Crippen LogP contribution in [-0.2, 0) is 0 Å². The van der Waals surface area contributed by atoms with E-state index < -0.39 is 16.4 Å². The van der Waals surface area contributed by atoms with Gasteiger partial charge in [0.25, 0.3) is 11.6 Å². The summed E-state index contributed by atoms with van der Waals surface area (Å²) in [5.41, 5.74) is 6.01. The number of carbonyl (C=O) groups is 1. The highest BCUT2D eigenvalue weighted by Crippen LogP contribution is 2.23. The van der Waals surface area contributed by atoms with Crippen LogP contribution in [0.2, 0.25) is 0 Å². The maximum atomic E-state index is 12.1. The Morgan fingerprint density at radius 1 is 1.40 bits per heavy atom. The van der Waals surface area contributed by atoms with Crippen molar-refractivity contribution in [1.82, 2.24) is 5.32 Å². The van der Waals surface area contributed by atoms with Crippen molar-refractivity contribution in [2.45, 2.75) is 39.2 Å². The van der Waals surface area contributed by atoms with Gasteiger partial charge in [-0.05, 0) is 25.8 Å². The van der Waals surface area contributed by atoms with Gasteiger partial charge in [0.1, 0.15) is 5.56 Å². The Hall–Kier alpha value is -1.95. The lowest BCUT2D eigenvalue weighted by atomic mass is 9.94. The molecule has 0 bridgehead atoms. The van der Waals surface area contributed by atoms with E-state index >= 15 is 0 Å². The van der Waals surface area contributed by atoms with Gasteiger partial charge in [-0.2, -0.15) is 0 Å². The molecule has 0 atom stereocenters. The molecule has 6 nitrogen and oxygen atoms in total. The third-order valence-electron chi connectivity index (χ3n) is 3.67. The van der Waals surface area contributed by atoms with Crippen LogP contribution in [0.5, 0.6) is 0 Å². The fourth-order valence-electron chi connectivity index (χ4n) is 1.94. The number of nitrogens with one attached hydrogen (secondary N) is 1. The van der Waals surface area contributed by atoms with Crippen LogP contribution in [-0.4, -0.2) is 22.9 Å². The average molecular weight is 279 g/mol. The molecule has 0 aliphatic rings. The van der Waals surface area contributed by atoms with Crippen LogP contribution in [0.3, 0.4) is 0 Å². The molecule has 6 heteroatoms. The second kappa shape index (κ2) is 6.47. The van der Waals surface area contributed by atoms with Crippen molar-refractivity contribution in [2.24, 2.45) is 5.73 Å². The molecule has 0 aromatic heterocycles. The molecule has 0 radical (unpaired) electrons. The Kier molecular flexibility index (Phi) is 5.21. The zero-order chi connectivity index (χ0) is 15.3. The van der Waals surface area contributed by atoms with E-state index in [0.29, 0.717) is 12.1 Å². The average Bonchev–Trinajstić information content (AvgIpc) is 2.43. The Morgan fingerprint density at radius 3 is 2.50 bits per heavy atom. The van der Waals surface area contributed by atoms with E-state index in [2.05, 4.69) is 5.32 Å². The first-order valence-corrected chi connectivity index (χ1v) is 6.65. The molecule has 0 aliphatic heterocycles. The van der Waals surface area contributed by atoms with E-state index in [1.807, 2.05) is 13.8 Å². The van der Waals surface area contributed by atoms with Crippen LogP contribution >= 0.6 is 0 Å². The van der Waals surface area contributed by atoms with Crippen molar-refractivity contribution in [2.75, 3.05) is 6.54 Å². The summed E-state index contributed by atoms with van der Waals surface area (Å²) in [6.07, 6.45) is 1.44. The van der Waals surface area contributed by atoms with E-state index in [1.165, 1.54) is 6.07 Å². The number of nitrogens with two attached hydrogens (primary N) is 1. The first-order chi connectivity index (χ1) is 9.34. The molecule has 1 aromatic rings. The summed E-state index contributed by atoms with van der Waals surface area (Å²) in [7, 11) is 0. The minimum atomic E-state index is -0.528. The molecule has 110 valence electrons. The largest absolute Gasteiger partial charge is 0.350 e. The number of nitrogens with zero attached hydrogens (tertiary/aromatic N) is 1. The van der Waals surface area contributed by atoms with Gasteiger partial charge in [0.05, 0.1) is 4.92 Å². The smallest absolute Gasteiger partial charge is 0.285 e. The Labute approximate surface area is 118 Å². The number of hydrogen-bond donors (Lipinski definition) is 2. The van der Waals surface area contributed by atoms with Gasteiger partial charge in [0.15, 0.2) is 0 Å². The lowest BCUT2D eigenvalue weighted by Crippen LogP contribution is -2.49. The van der Waals surface area contributed by atoms with E-state index in [-0.39, 0.29) is 11.3 Å². The van der Waals surface area contributed by atoms with Crippen molar-refractivity contribution in [3.8, 4) is 0 Å². The molecule has 1 amide bonds. The van der Waals surface area contributed by atoms with Crippen molar-refractivity contribution < 1.29 is 9.72 Å². The summed E-state index contributed by atoms with van der Waals surface area (Å²) in [5.74, 6) is -0.461. The number of aryl methyl sites for hydroxylation is 1. The molecule has 0 saturated carbocycles. The van der Waals surface area contributed by atoms with E-state index in [1.54, 1.807) is 19.1 Å². The summed E-state index contributed by atoms with van der Waals surface area (Å²) in [4.78, 5) is 22.7. The number of rotatable bonds is 6. The van der Waals surface area contributed by atoms with Crippen LogP contribution in [0.4, 0.5) is 5.69 Å². The summed E-state index contributed by atoms with van der Waals surface area (Å²) < 4.78 is 0. The first-order valence-electron chi connectivity index (χ1n) is 6.65. The summed E-state index contributed by atoms with van der Waals surface area (Å²) in [5, 5.41) is 13.8. The number of carbonyl (C=O) groups excluding carboxylic acids is 1. The maximum absolute atomic E-state index is 12.1. The lowest BCUT2D eigenvalue weighted by molar-refractivity contribution is -0.385. The quantitative estimate of drug-likeness (QED) is 0.615. The maximum Gasteiger partial charge on any atom is 0.285 e. The lowest BCUT2D eigenvalue weighted by Gasteiger charge is -2.26. The molecular formula is C14H21N3O3. The minimum absolute atomic E-state index is 0.0737. The molecule has 0 aliphatic carbocycles. The number of nitro benzene ring substituents is 1. The highest BCUT2D eigenvalue weighted by atomic mass is 16.6. The van der Waals surface area contributed by atoms with Gasteiger partial charge in [-0.3, -0.25) is 14.9 Å². The Bertz CT molecular complexity index is 510. The molecule has 0 saturated heterocycles. The number of benzene rings is 1. The third-order valence-corrected chi connectivity index (χ3v) is 3.67. The SMILES string of the molecule is CCC(N)(CC)CNC(=O)c1cccc(C)c1[N+](=O)[O-]. The summed E-state index contributed by atoms with van der Waals surface area (Å²) in [6.45, 7) is 5.81. The zero-order valence-electron chi connectivity index (χ0n) is 12.1. The molecule has 1 rings (SSSR count). The van der Waals surface area contributed by atoms with E-state index in [0.717, 1.165) is 12.8 Å². The zero-order valence-corrected chi connectivity index (χ0v) is 12.1. The number of para-hydroxylation sites is 1. The molecule has 0 heterocycles. The Balaban J connectivity index is 2.94. The highest BCUT2D eigenvalue weighted by molar-refractivity contribution is 5.98. The highest BCUT2D eigenvalue weighted by Gasteiger charge is 2.25. The first kappa shape index (κ1) is 16.1. The predicted octanol–water partition coefficient (Wildman–Crippen LogP) is 2.15. The fourth-order valence-corrected chi connectivity index (χ4v) is 1.94. The number of amides is 1. The fraction of sp³-hybridized carbons (Fsp3) is 0.500. The molecule has 3 N–H and O–H groups in total. The van der Waals surface area contributed by atoms with Gasteiger partial charge >= 0.3 is 0 Å². The molecule has 0 spiro atoms. The van der Waals surface area contributed by atoms with Crippen molar-refractivity contribution >= 4 is 11.6 Å². The van der Waals surface area contributed by atoms with Crippen LogP contribution < -0.4 is 11.1 Å². The molecule has 0 fully saturated rings. The number of nitro groups is 1. The van der Waals surface area contributed by atoms with Crippen LogP contribution in [0.15, 0.2) is 18.2 Å². The molecular weight excluding hydrogens is 258 g/mol. The summed E-state index contributed by atoms with van der Waals surface area (Å²) >= 11 is 0. The van der Waals surface area contributed by atoms with Crippen LogP contribution in [0.25, 0.3) is 0 Å². The molecule has 20 heavy (non-hydrogen) atoms. The second-order valence-corrected chi connectivity index (χ2v) is 4.98. The van der Waals surface area contributed by atoms with Crippen molar-refractivity contribution in [1.29, 1.82) is 0 Å². The summed E-state index contributed by atoms with van der Waals surface area (Å²) in [6, 6.07) is 4.70. The van der Waals surface area contributed by atoms with Crippen LogP contribution in [0.1, 0.15) is 42.6 Å².